The number of rotatable bonds is 6. The van der Waals surface area contributed by atoms with Crippen LogP contribution in [0.15, 0.2) is 42.6 Å². The van der Waals surface area contributed by atoms with E-state index in [1.807, 2.05) is 31.3 Å². The van der Waals surface area contributed by atoms with Gasteiger partial charge in [-0.1, -0.05) is 0 Å². The van der Waals surface area contributed by atoms with Gasteiger partial charge in [0, 0.05) is 48.5 Å². The van der Waals surface area contributed by atoms with E-state index in [1.54, 1.807) is 0 Å². The molecular weight excluding hydrogens is 376 g/mol. The van der Waals surface area contributed by atoms with Gasteiger partial charge in [-0.15, -0.1) is 0 Å². The second-order valence-corrected chi connectivity index (χ2v) is 8.18. The number of fused-ring (bicyclic) bond motifs is 1. The Kier molecular flexibility index (Phi) is 5.56. The van der Waals surface area contributed by atoms with E-state index in [0.717, 1.165) is 53.3 Å². The monoisotopic (exact) mass is 404 g/mol. The van der Waals surface area contributed by atoms with Crippen LogP contribution >= 0.6 is 0 Å². The molecule has 1 fully saturated rings. The Morgan fingerprint density at radius 3 is 2.90 bits per heavy atom. The molecule has 1 aliphatic heterocycles. The van der Waals surface area contributed by atoms with Gasteiger partial charge in [0.15, 0.2) is 0 Å². The van der Waals surface area contributed by atoms with E-state index < -0.39 is 0 Å². The Balaban J connectivity index is 1.55. The van der Waals surface area contributed by atoms with Gasteiger partial charge in [0.05, 0.1) is 36.1 Å². The molecule has 0 saturated carbocycles. The summed E-state index contributed by atoms with van der Waals surface area (Å²) in [5.41, 5.74) is 4.75. The molecule has 0 spiro atoms. The van der Waals surface area contributed by atoms with Crippen molar-refractivity contribution < 1.29 is 9.47 Å². The van der Waals surface area contributed by atoms with E-state index in [-0.39, 0.29) is 5.60 Å². The fourth-order valence-electron chi connectivity index (χ4n) is 3.95. The maximum atomic E-state index is 9.19. The molecule has 6 nitrogen and oxygen atoms in total. The molecule has 30 heavy (non-hydrogen) atoms. The number of morpholine rings is 1. The predicted octanol–water partition coefficient (Wildman–Crippen LogP) is 4.67. The van der Waals surface area contributed by atoms with Crippen molar-refractivity contribution in [1.29, 1.82) is 5.26 Å². The molecule has 1 aromatic heterocycles. The lowest BCUT2D eigenvalue weighted by Gasteiger charge is -2.39. The summed E-state index contributed by atoms with van der Waals surface area (Å²) in [5, 5.41) is 13.8. The van der Waals surface area contributed by atoms with Gasteiger partial charge in [-0.2, -0.15) is 5.26 Å². The van der Waals surface area contributed by atoms with Crippen LogP contribution in [0.1, 0.15) is 31.9 Å². The van der Waals surface area contributed by atoms with Crippen LogP contribution in [0.2, 0.25) is 0 Å². The van der Waals surface area contributed by atoms with Crippen LogP contribution in [0, 0.1) is 11.3 Å². The first-order valence-corrected chi connectivity index (χ1v) is 10.4. The number of aromatic nitrogens is 1. The van der Waals surface area contributed by atoms with Crippen molar-refractivity contribution in [2.45, 2.75) is 32.9 Å². The zero-order valence-corrected chi connectivity index (χ0v) is 17.8. The highest BCUT2D eigenvalue weighted by Crippen LogP contribution is 2.33. The topological polar surface area (TPSA) is 73.3 Å². The smallest absolute Gasteiger partial charge is 0.144 e. The van der Waals surface area contributed by atoms with E-state index in [4.69, 9.17) is 9.47 Å². The fourth-order valence-corrected chi connectivity index (χ4v) is 3.95. The summed E-state index contributed by atoms with van der Waals surface area (Å²) in [6, 6.07) is 14.2. The van der Waals surface area contributed by atoms with Crippen LogP contribution in [0.5, 0.6) is 5.75 Å². The lowest BCUT2D eigenvalue weighted by molar-refractivity contribution is -0.0277. The number of nitrogens with one attached hydrogen (secondary N) is 2. The molecule has 0 atom stereocenters. The molecular formula is C24H28N4O2. The van der Waals surface area contributed by atoms with Crippen molar-refractivity contribution in [2.24, 2.45) is 0 Å². The van der Waals surface area contributed by atoms with Gasteiger partial charge in [0.25, 0.3) is 0 Å². The molecule has 3 aromatic rings. The SMILES string of the molecule is CCOc1cc(N2CCOC(C)(C)C2)ccc1NCc1c[nH]c2ccc(C#N)cc12. The van der Waals surface area contributed by atoms with Crippen LogP contribution in [0.4, 0.5) is 11.4 Å². The van der Waals surface area contributed by atoms with Crippen molar-refractivity contribution in [2.75, 3.05) is 36.5 Å². The third-order valence-corrected chi connectivity index (χ3v) is 5.42. The first-order valence-electron chi connectivity index (χ1n) is 10.4. The number of nitriles is 1. The average molecular weight is 405 g/mol. The van der Waals surface area contributed by atoms with Gasteiger partial charge in [0.2, 0.25) is 0 Å². The van der Waals surface area contributed by atoms with Crippen LogP contribution in [0.25, 0.3) is 10.9 Å². The predicted molar refractivity (Wildman–Crippen MR) is 120 cm³/mol. The summed E-state index contributed by atoms with van der Waals surface area (Å²) in [6.45, 7) is 9.93. The van der Waals surface area contributed by atoms with Gasteiger partial charge < -0.3 is 24.7 Å². The van der Waals surface area contributed by atoms with Gasteiger partial charge in [-0.3, -0.25) is 0 Å². The largest absolute Gasteiger partial charge is 0.492 e. The number of ether oxygens (including phenoxy) is 2. The highest BCUT2D eigenvalue weighted by molar-refractivity contribution is 5.84. The van der Waals surface area contributed by atoms with Crippen LogP contribution < -0.4 is 15.0 Å². The highest BCUT2D eigenvalue weighted by atomic mass is 16.5. The second kappa shape index (κ2) is 8.29. The Hall–Kier alpha value is -3.17. The van der Waals surface area contributed by atoms with E-state index in [0.29, 0.717) is 18.7 Å². The lowest BCUT2D eigenvalue weighted by atomic mass is 10.1. The molecule has 2 N–H and O–H groups in total. The van der Waals surface area contributed by atoms with E-state index in [2.05, 4.69) is 53.3 Å². The zero-order valence-electron chi connectivity index (χ0n) is 17.8. The minimum Gasteiger partial charge on any atom is -0.492 e. The Morgan fingerprint density at radius 2 is 2.13 bits per heavy atom. The van der Waals surface area contributed by atoms with E-state index in [9.17, 15) is 5.26 Å². The van der Waals surface area contributed by atoms with Crippen molar-refractivity contribution >= 4 is 22.3 Å². The quantitative estimate of drug-likeness (QED) is 0.625. The third kappa shape index (κ3) is 4.22. The highest BCUT2D eigenvalue weighted by Gasteiger charge is 2.27. The molecule has 2 aromatic carbocycles. The molecule has 0 amide bonds. The Bertz CT molecular complexity index is 1080. The Labute approximate surface area is 177 Å². The van der Waals surface area contributed by atoms with Crippen molar-refractivity contribution in [3.05, 3.63) is 53.7 Å². The molecule has 1 aliphatic rings. The second-order valence-electron chi connectivity index (χ2n) is 8.18. The molecule has 0 aliphatic carbocycles. The van der Waals surface area contributed by atoms with Crippen LogP contribution in [-0.4, -0.2) is 36.9 Å². The first kappa shape index (κ1) is 20.1. The summed E-state index contributed by atoms with van der Waals surface area (Å²) in [7, 11) is 0. The van der Waals surface area contributed by atoms with E-state index >= 15 is 0 Å². The van der Waals surface area contributed by atoms with Crippen molar-refractivity contribution in [1.82, 2.24) is 4.98 Å². The number of H-pyrrole nitrogens is 1. The third-order valence-electron chi connectivity index (χ3n) is 5.42. The molecule has 0 unspecified atom stereocenters. The fraction of sp³-hybridized carbons (Fsp3) is 0.375. The van der Waals surface area contributed by atoms with E-state index in [1.165, 1.54) is 0 Å². The number of nitrogens with zero attached hydrogens (tertiary/aromatic N) is 2. The standard InChI is InChI=1S/C24H28N4O2/c1-4-29-23-12-19(28-9-10-30-24(2,3)16-28)6-8-22(23)27-15-18-14-26-21-7-5-17(13-25)11-20(18)21/h5-8,11-12,14,26-27H,4,9-10,15-16H2,1-3H3. The zero-order chi connectivity index (χ0) is 21.1. The number of hydrogen-bond acceptors (Lipinski definition) is 5. The van der Waals surface area contributed by atoms with Crippen molar-refractivity contribution in [3.8, 4) is 11.8 Å². The molecule has 6 heteroatoms. The minimum atomic E-state index is -0.154. The summed E-state index contributed by atoms with van der Waals surface area (Å²) in [5.74, 6) is 0.844. The minimum absolute atomic E-state index is 0.154. The summed E-state index contributed by atoms with van der Waals surface area (Å²) in [4.78, 5) is 5.62. The maximum Gasteiger partial charge on any atom is 0.144 e. The number of benzene rings is 2. The maximum absolute atomic E-state index is 9.19. The average Bonchev–Trinajstić information content (AvgIpc) is 3.14. The summed E-state index contributed by atoms with van der Waals surface area (Å²) < 4.78 is 11.8. The molecule has 0 bridgehead atoms. The normalized spacial score (nSPS) is 15.7. The Morgan fingerprint density at radius 1 is 1.27 bits per heavy atom. The summed E-state index contributed by atoms with van der Waals surface area (Å²) in [6.07, 6.45) is 1.99. The van der Waals surface area contributed by atoms with Gasteiger partial charge >= 0.3 is 0 Å². The van der Waals surface area contributed by atoms with Crippen LogP contribution in [0.3, 0.4) is 0 Å². The van der Waals surface area contributed by atoms with Crippen LogP contribution in [-0.2, 0) is 11.3 Å². The first-order chi connectivity index (χ1) is 14.5. The number of anilines is 2. The van der Waals surface area contributed by atoms with Crippen molar-refractivity contribution in [3.63, 3.8) is 0 Å². The van der Waals surface area contributed by atoms with Gasteiger partial charge in [-0.05, 0) is 56.7 Å². The van der Waals surface area contributed by atoms with Gasteiger partial charge in [0.1, 0.15) is 5.75 Å². The van der Waals surface area contributed by atoms with Gasteiger partial charge in [-0.25, -0.2) is 0 Å². The molecule has 156 valence electrons. The lowest BCUT2D eigenvalue weighted by Crippen LogP contribution is -2.48. The molecule has 1 saturated heterocycles. The molecule has 4 rings (SSSR count). The summed E-state index contributed by atoms with van der Waals surface area (Å²) >= 11 is 0. The number of hydrogen-bond donors (Lipinski definition) is 2. The number of aromatic amines is 1. The molecule has 0 radical (unpaired) electrons. The molecule has 2 heterocycles.